The molecule has 0 bridgehead atoms. The van der Waals surface area contributed by atoms with Crippen LogP contribution < -0.4 is 0 Å². The molecule has 0 unspecified atom stereocenters. The Morgan fingerprint density at radius 2 is 1.62 bits per heavy atom. The van der Waals surface area contributed by atoms with E-state index in [9.17, 15) is 9.59 Å². The second kappa shape index (κ2) is 4.97. The Hall–Kier alpha value is -0.0800. The van der Waals surface area contributed by atoms with Crippen molar-refractivity contribution in [1.29, 1.82) is 0 Å². The third kappa shape index (κ3) is 3.65. The van der Waals surface area contributed by atoms with Crippen LogP contribution in [0.3, 0.4) is 0 Å². The van der Waals surface area contributed by atoms with Gasteiger partial charge in [0.25, 0.3) is 0 Å². The fourth-order valence-electron chi connectivity index (χ4n) is 1.82. The largest absolute Gasteiger partial charge is 0.281 e. The molecule has 1 aliphatic rings. The molecule has 0 amide bonds. The lowest BCUT2D eigenvalue weighted by Crippen LogP contribution is -2.19. The van der Waals surface area contributed by atoms with E-state index in [0.29, 0.717) is 12.3 Å². The monoisotopic (exact) mass is 222 g/mol. The fraction of sp³-hybridized carbons (Fsp3) is 0.778. The third-order valence-electron chi connectivity index (χ3n) is 2.62. The molecule has 4 heteroatoms. The van der Waals surface area contributed by atoms with E-state index in [4.69, 9.17) is 23.2 Å². The summed E-state index contributed by atoms with van der Waals surface area (Å²) in [4.78, 5) is 21.4. The van der Waals surface area contributed by atoms with Gasteiger partial charge in [0.05, 0.1) is 0 Å². The van der Waals surface area contributed by atoms with Gasteiger partial charge in [-0.3, -0.25) is 9.59 Å². The summed E-state index contributed by atoms with van der Waals surface area (Å²) in [6.07, 6.45) is 3.82. The first kappa shape index (κ1) is 11.0. The van der Waals surface area contributed by atoms with Gasteiger partial charge >= 0.3 is 0 Å². The molecule has 0 aromatic rings. The Morgan fingerprint density at radius 3 is 2.00 bits per heavy atom. The smallest absolute Gasteiger partial charge is 0.224 e. The van der Waals surface area contributed by atoms with E-state index in [1.807, 2.05) is 0 Å². The van der Waals surface area contributed by atoms with Gasteiger partial charge in [0.2, 0.25) is 10.5 Å². The second-order valence-corrected chi connectivity index (χ2v) is 4.38. The lowest BCUT2D eigenvalue weighted by atomic mass is 9.81. The molecule has 13 heavy (non-hydrogen) atoms. The zero-order valence-corrected chi connectivity index (χ0v) is 8.77. The molecule has 0 aromatic carbocycles. The van der Waals surface area contributed by atoms with Gasteiger partial charge in [0, 0.05) is 12.3 Å². The second-order valence-electron chi connectivity index (χ2n) is 3.58. The zero-order valence-electron chi connectivity index (χ0n) is 7.26. The predicted octanol–water partition coefficient (Wildman–Crippen LogP) is 2.71. The molecule has 74 valence electrons. The van der Waals surface area contributed by atoms with Crippen LogP contribution in [-0.4, -0.2) is 10.5 Å². The maximum Gasteiger partial charge on any atom is 0.224 e. The van der Waals surface area contributed by atoms with E-state index in [0.717, 1.165) is 25.7 Å². The summed E-state index contributed by atoms with van der Waals surface area (Å²) < 4.78 is 0. The summed E-state index contributed by atoms with van der Waals surface area (Å²) in [5, 5.41) is -0.517. The first-order valence-corrected chi connectivity index (χ1v) is 5.23. The van der Waals surface area contributed by atoms with Crippen LogP contribution in [0.25, 0.3) is 0 Å². The van der Waals surface area contributed by atoms with E-state index >= 15 is 0 Å². The molecule has 0 N–H and O–H groups in total. The summed E-state index contributed by atoms with van der Waals surface area (Å²) in [6.45, 7) is 0. The highest BCUT2D eigenvalue weighted by molar-refractivity contribution is 6.64. The van der Waals surface area contributed by atoms with Gasteiger partial charge in [-0.05, 0) is 54.8 Å². The van der Waals surface area contributed by atoms with Crippen LogP contribution in [0.2, 0.25) is 0 Å². The molecular weight excluding hydrogens is 211 g/mol. The topological polar surface area (TPSA) is 34.1 Å². The van der Waals surface area contributed by atoms with E-state index in [1.165, 1.54) is 0 Å². The molecule has 0 saturated heterocycles. The van der Waals surface area contributed by atoms with Crippen molar-refractivity contribution in [3.05, 3.63) is 0 Å². The van der Waals surface area contributed by atoms with Crippen molar-refractivity contribution in [2.24, 2.45) is 11.8 Å². The number of carbonyl (C=O) groups excluding carboxylic acids is 2. The van der Waals surface area contributed by atoms with Crippen LogP contribution in [0, 0.1) is 11.8 Å². The van der Waals surface area contributed by atoms with Gasteiger partial charge in [-0.2, -0.15) is 0 Å². The van der Waals surface area contributed by atoms with Gasteiger partial charge in [0.15, 0.2) is 0 Å². The molecule has 0 spiro atoms. The third-order valence-corrected chi connectivity index (χ3v) is 3.08. The van der Waals surface area contributed by atoms with Gasteiger partial charge in [-0.25, -0.2) is 0 Å². The fourth-order valence-corrected chi connectivity index (χ4v) is 2.26. The van der Waals surface area contributed by atoms with Crippen LogP contribution in [0.1, 0.15) is 32.1 Å². The molecule has 0 heterocycles. The highest BCUT2D eigenvalue weighted by Gasteiger charge is 2.25. The van der Waals surface area contributed by atoms with Gasteiger partial charge < -0.3 is 0 Å². The molecule has 1 fully saturated rings. The number of rotatable bonds is 3. The lowest BCUT2D eigenvalue weighted by molar-refractivity contribution is -0.116. The molecule has 0 radical (unpaired) electrons. The van der Waals surface area contributed by atoms with Crippen LogP contribution in [0.15, 0.2) is 0 Å². The van der Waals surface area contributed by atoms with E-state index in [1.54, 1.807) is 0 Å². The minimum Gasteiger partial charge on any atom is -0.281 e. The molecule has 2 nitrogen and oxygen atoms in total. The molecule has 0 aliphatic heterocycles. The van der Waals surface area contributed by atoms with Crippen molar-refractivity contribution in [3.63, 3.8) is 0 Å². The summed E-state index contributed by atoms with van der Waals surface area (Å²) in [6, 6.07) is 0. The van der Waals surface area contributed by atoms with Crippen molar-refractivity contribution in [2.75, 3.05) is 0 Å². The van der Waals surface area contributed by atoms with Gasteiger partial charge in [-0.15, -0.1) is 0 Å². The van der Waals surface area contributed by atoms with Crippen molar-refractivity contribution < 1.29 is 9.59 Å². The van der Waals surface area contributed by atoms with Crippen LogP contribution in [-0.2, 0) is 9.59 Å². The van der Waals surface area contributed by atoms with Crippen molar-refractivity contribution >= 4 is 33.7 Å². The summed E-state index contributed by atoms with van der Waals surface area (Å²) in [7, 11) is 0. The molecular formula is C9H12Cl2O2. The summed E-state index contributed by atoms with van der Waals surface area (Å²) >= 11 is 10.7. The average molecular weight is 223 g/mol. The maximum absolute atomic E-state index is 10.8. The molecule has 1 rings (SSSR count). The lowest BCUT2D eigenvalue weighted by Gasteiger charge is -2.24. The van der Waals surface area contributed by atoms with E-state index < -0.39 is 0 Å². The summed E-state index contributed by atoms with van der Waals surface area (Å²) in [5.74, 6) is 0.362. The predicted molar refractivity (Wildman–Crippen MR) is 51.8 cm³/mol. The molecule has 1 saturated carbocycles. The maximum atomic E-state index is 10.8. The normalized spacial score (nSPS) is 28.5. The molecule has 0 aromatic heterocycles. The van der Waals surface area contributed by atoms with Crippen LogP contribution >= 0.6 is 23.2 Å². The Kier molecular flexibility index (Phi) is 4.20. The quantitative estimate of drug-likeness (QED) is 0.689. The van der Waals surface area contributed by atoms with E-state index in [-0.39, 0.29) is 16.4 Å². The minimum atomic E-state index is -0.277. The highest BCUT2D eigenvalue weighted by Crippen LogP contribution is 2.32. The number of hydrogen-bond donors (Lipinski definition) is 0. The van der Waals surface area contributed by atoms with Crippen LogP contribution in [0.5, 0.6) is 0 Å². The zero-order chi connectivity index (χ0) is 9.84. The van der Waals surface area contributed by atoms with Gasteiger partial charge in [0.1, 0.15) is 0 Å². The van der Waals surface area contributed by atoms with Crippen LogP contribution in [0.4, 0.5) is 0 Å². The van der Waals surface area contributed by atoms with Crippen molar-refractivity contribution in [1.82, 2.24) is 0 Å². The highest BCUT2D eigenvalue weighted by atomic mass is 35.5. The standard InChI is InChI=1S/C9H12Cl2O2/c10-8(12)5-6-1-3-7(4-2-6)9(11)13/h6-7H,1-5H2. The average Bonchev–Trinajstić information content (AvgIpc) is 2.04. The summed E-state index contributed by atoms with van der Waals surface area (Å²) in [5.41, 5.74) is 0. The van der Waals surface area contributed by atoms with Gasteiger partial charge in [-0.1, -0.05) is 0 Å². The first-order valence-electron chi connectivity index (χ1n) is 4.47. The first-order chi connectivity index (χ1) is 6.09. The Labute approximate surface area is 87.6 Å². The Balaban J connectivity index is 2.30. The Bertz CT molecular complexity index is 208. The van der Waals surface area contributed by atoms with Crippen molar-refractivity contribution in [3.8, 4) is 0 Å². The Morgan fingerprint density at radius 1 is 1.08 bits per heavy atom. The van der Waals surface area contributed by atoms with E-state index in [2.05, 4.69) is 0 Å². The number of halogens is 2. The minimum absolute atomic E-state index is 0.00310. The van der Waals surface area contributed by atoms with Crippen molar-refractivity contribution in [2.45, 2.75) is 32.1 Å². The molecule has 1 aliphatic carbocycles. The number of carbonyl (C=O) groups is 2. The SMILES string of the molecule is O=C(Cl)CC1CCC(C(=O)Cl)CC1. The number of hydrogen-bond acceptors (Lipinski definition) is 2. The molecule has 0 atom stereocenters.